The molecule has 0 amide bonds. The monoisotopic (exact) mass is 510 g/mol. The first-order valence-electron chi connectivity index (χ1n) is 9.95. The van der Waals surface area contributed by atoms with Crippen molar-refractivity contribution in [3.05, 3.63) is 59.8 Å². The third kappa shape index (κ3) is 7.15. The quantitative estimate of drug-likeness (QED) is 0.254. The minimum Gasteiger partial charge on any atom is -0.475 e. The first kappa shape index (κ1) is 23.4. The molecule has 1 aromatic heterocycles. The van der Waals surface area contributed by atoms with Gasteiger partial charge in [0.25, 0.3) is 0 Å². The van der Waals surface area contributed by atoms with Crippen LogP contribution in [0.15, 0.2) is 53.7 Å². The lowest BCUT2D eigenvalue weighted by Crippen LogP contribution is -2.40. The molecule has 3 rings (SSSR count). The summed E-state index contributed by atoms with van der Waals surface area (Å²) in [6.07, 6.45) is 2.98. The van der Waals surface area contributed by atoms with Gasteiger partial charge in [0, 0.05) is 44.9 Å². The Hall–Kier alpha value is -1.87. The Morgan fingerprint density at radius 2 is 2.03 bits per heavy atom. The second-order valence-corrected chi connectivity index (χ2v) is 6.86. The number of methoxy groups -OCH3 is 1. The van der Waals surface area contributed by atoms with Crippen LogP contribution in [0.5, 0.6) is 5.88 Å². The number of hydrogen-bond acceptors (Lipinski definition) is 4. The van der Waals surface area contributed by atoms with Crippen LogP contribution in [0, 0.1) is 0 Å². The Kier molecular flexibility index (Phi) is 10.2. The molecule has 1 atom stereocenters. The number of aliphatic imine (C=N–C) groups is 1. The smallest absolute Gasteiger partial charge is 0.213 e. The van der Waals surface area contributed by atoms with Gasteiger partial charge in [0.15, 0.2) is 5.96 Å². The summed E-state index contributed by atoms with van der Waals surface area (Å²) in [5.74, 6) is 2.15. The van der Waals surface area contributed by atoms with Gasteiger partial charge >= 0.3 is 0 Å². The van der Waals surface area contributed by atoms with Crippen LogP contribution in [0.3, 0.4) is 0 Å². The highest BCUT2D eigenvalue weighted by Crippen LogP contribution is 2.27. The number of halogens is 1. The molecular formula is C22H31IN4O2. The van der Waals surface area contributed by atoms with Gasteiger partial charge in [0.2, 0.25) is 5.88 Å². The maximum absolute atomic E-state index is 5.51. The molecule has 0 bridgehead atoms. The summed E-state index contributed by atoms with van der Waals surface area (Å²) in [6, 6.07) is 14.7. The summed E-state index contributed by atoms with van der Waals surface area (Å²) in [5, 5.41) is 3.43. The van der Waals surface area contributed by atoms with Gasteiger partial charge in [-0.25, -0.2) is 9.98 Å². The molecule has 158 valence electrons. The molecule has 0 aliphatic carbocycles. The molecule has 1 aromatic carbocycles. The zero-order valence-corrected chi connectivity index (χ0v) is 19.5. The summed E-state index contributed by atoms with van der Waals surface area (Å²) in [6.45, 7) is 6.64. The minimum absolute atomic E-state index is 0. The van der Waals surface area contributed by atoms with E-state index in [1.165, 1.54) is 5.56 Å². The van der Waals surface area contributed by atoms with E-state index in [9.17, 15) is 0 Å². The summed E-state index contributed by atoms with van der Waals surface area (Å²) in [5.41, 5.74) is 2.47. The fourth-order valence-corrected chi connectivity index (χ4v) is 3.36. The van der Waals surface area contributed by atoms with E-state index < -0.39 is 0 Å². The summed E-state index contributed by atoms with van der Waals surface area (Å²) < 4.78 is 10.5. The zero-order chi connectivity index (χ0) is 19.6. The highest BCUT2D eigenvalue weighted by Gasteiger charge is 2.25. The van der Waals surface area contributed by atoms with Crippen molar-refractivity contribution in [2.45, 2.75) is 25.8 Å². The van der Waals surface area contributed by atoms with Crippen molar-refractivity contribution < 1.29 is 9.47 Å². The highest BCUT2D eigenvalue weighted by molar-refractivity contribution is 14.0. The van der Waals surface area contributed by atoms with Crippen LogP contribution in [0.4, 0.5) is 0 Å². The third-order valence-electron chi connectivity index (χ3n) is 4.84. The lowest BCUT2D eigenvalue weighted by Gasteiger charge is -2.21. The Bertz CT molecular complexity index is 740. The van der Waals surface area contributed by atoms with Crippen LogP contribution in [0.2, 0.25) is 0 Å². The molecule has 0 radical (unpaired) electrons. The number of benzene rings is 1. The van der Waals surface area contributed by atoms with E-state index in [1.54, 1.807) is 7.11 Å². The van der Waals surface area contributed by atoms with Gasteiger partial charge < -0.3 is 19.7 Å². The molecule has 6 nitrogen and oxygen atoms in total. The van der Waals surface area contributed by atoms with Crippen LogP contribution in [-0.4, -0.2) is 55.8 Å². The standard InChI is InChI=1S/C22H30N4O2.HI/c1-3-23-22(26-12-11-20(17-26)19-7-5-4-6-8-19)25-16-18-9-10-21(24-15-18)28-14-13-27-2;/h4-10,15,20H,3,11-14,16-17H2,1-2H3,(H,23,25);1H. The molecule has 29 heavy (non-hydrogen) atoms. The topological polar surface area (TPSA) is 59.0 Å². The molecular weight excluding hydrogens is 479 g/mol. The van der Waals surface area contributed by atoms with E-state index in [4.69, 9.17) is 14.5 Å². The van der Waals surface area contributed by atoms with Crippen LogP contribution in [0.25, 0.3) is 0 Å². The SMILES string of the molecule is CCNC(=NCc1ccc(OCCOC)nc1)N1CCC(c2ccccc2)C1.I. The van der Waals surface area contributed by atoms with Crippen LogP contribution >= 0.6 is 24.0 Å². The van der Waals surface area contributed by atoms with Gasteiger partial charge in [-0.2, -0.15) is 0 Å². The Morgan fingerprint density at radius 3 is 2.72 bits per heavy atom. The number of ether oxygens (including phenoxy) is 2. The molecule has 1 aliphatic rings. The van der Waals surface area contributed by atoms with Gasteiger partial charge in [-0.15, -0.1) is 24.0 Å². The first-order valence-corrected chi connectivity index (χ1v) is 9.95. The lowest BCUT2D eigenvalue weighted by molar-refractivity contribution is 0.143. The minimum atomic E-state index is 0. The van der Waals surface area contributed by atoms with Crippen molar-refractivity contribution in [3.63, 3.8) is 0 Å². The highest BCUT2D eigenvalue weighted by atomic mass is 127. The fraction of sp³-hybridized carbons (Fsp3) is 0.455. The Labute approximate surface area is 190 Å². The normalized spacial score (nSPS) is 16.4. The van der Waals surface area contributed by atoms with Crippen LogP contribution < -0.4 is 10.1 Å². The molecule has 0 spiro atoms. The van der Waals surface area contributed by atoms with E-state index in [0.29, 0.717) is 31.6 Å². The number of nitrogens with zero attached hydrogens (tertiary/aromatic N) is 3. The van der Waals surface area contributed by atoms with Crippen molar-refractivity contribution in [2.24, 2.45) is 4.99 Å². The maximum Gasteiger partial charge on any atom is 0.213 e. The molecule has 1 N–H and O–H groups in total. The molecule has 2 heterocycles. The van der Waals surface area contributed by atoms with Crippen molar-refractivity contribution >= 4 is 29.9 Å². The third-order valence-corrected chi connectivity index (χ3v) is 4.84. The number of nitrogens with one attached hydrogen (secondary N) is 1. The van der Waals surface area contributed by atoms with E-state index in [0.717, 1.165) is 37.6 Å². The van der Waals surface area contributed by atoms with Gasteiger partial charge in [0.05, 0.1) is 13.2 Å². The number of hydrogen-bond donors (Lipinski definition) is 1. The largest absolute Gasteiger partial charge is 0.475 e. The van der Waals surface area contributed by atoms with Crippen molar-refractivity contribution in [1.82, 2.24) is 15.2 Å². The summed E-state index contributed by atoms with van der Waals surface area (Å²) in [4.78, 5) is 11.5. The van der Waals surface area contributed by atoms with E-state index >= 15 is 0 Å². The lowest BCUT2D eigenvalue weighted by atomic mass is 9.99. The predicted molar refractivity (Wildman–Crippen MR) is 127 cm³/mol. The molecule has 0 saturated carbocycles. The molecule has 1 unspecified atom stereocenters. The van der Waals surface area contributed by atoms with Crippen LogP contribution in [0.1, 0.15) is 30.4 Å². The fourth-order valence-electron chi connectivity index (χ4n) is 3.36. The van der Waals surface area contributed by atoms with Crippen LogP contribution in [-0.2, 0) is 11.3 Å². The number of pyridine rings is 1. The molecule has 2 aromatic rings. The molecule has 1 aliphatic heterocycles. The number of likely N-dealkylation sites (tertiary alicyclic amines) is 1. The molecule has 1 saturated heterocycles. The van der Waals surface area contributed by atoms with Crippen molar-refractivity contribution in [2.75, 3.05) is 40.0 Å². The molecule has 7 heteroatoms. The van der Waals surface area contributed by atoms with Gasteiger partial charge in [-0.1, -0.05) is 36.4 Å². The zero-order valence-electron chi connectivity index (χ0n) is 17.2. The van der Waals surface area contributed by atoms with Gasteiger partial charge in [-0.05, 0) is 24.5 Å². The van der Waals surface area contributed by atoms with Gasteiger partial charge in [-0.3, -0.25) is 0 Å². The Balaban J connectivity index is 0.00000300. The predicted octanol–water partition coefficient (Wildman–Crippen LogP) is 3.68. The van der Waals surface area contributed by atoms with Crippen molar-refractivity contribution in [3.8, 4) is 5.88 Å². The van der Waals surface area contributed by atoms with Crippen molar-refractivity contribution in [1.29, 1.82) is 0 Å². The summed E-state index contributed by atoms with van der Waals surface area (Å²) >= 11 is 0. The average Bonchev–Trinajstić information content (AvgIpc) is 3.23. The van der Waals surface area contributed by atoms with Gasteiger partial charge in [0.1, 0.15) is 6.61 Å². The van der Waals surface area contributed by atoms with E-state index in [1.807, 2.05) is 18.3 Å². The number of aromatic nitrogens is 1. The van der Waals surface area contributed by atoms with E-state index in [-0.39, 0.29) is 24.0 Å². The summed E-state index contributed by atoms with van der Waals surface area (Å²) in [7, 11) is 1.66. The first-order chi connectivity index (χ1) is 13.8. The average molecular weight is 510 g/mol. The molecule has 1 fully saturated rings. The second-order valence-electron chi connectivity index (χ2n) is 6.86. The Morgan fingerprint density at radius 1 is 1.21 bits per heavy atom. The second kappa shape index (κ2) is 12.6. The van der Waals surface area contributed by atoms with E-state index in [2.05, 4.69) is 52.5 Å². The number of guanidine groups is 1. The number of rotatable bonds is 8. The maximum atomic E-state index is 5.51.